The Labute approximate surface area is 188 Å². The largest absolute Gasteiger partial charge is 0.383 e. The van der Waals surface area contributed by atoms with E-state index in [0.717, 1.165) is 36.5 Å². The van der Waals surface area contributed by atoms with Crippen molar-refractivity contribution in [1.29, 1.82) is 0 Å². The summed E-state index contributed by atoms with van der Waals surface area (Å²) in [5.41, 5.74) is 3.16. The first-order valence-electron chi connectivity index (χ1n) is 9.25. The normalized spacial score (nSPS) is 11.1. The predicted octanol–water partition coefficient (Wildman–Crippen LogP) is 2.80. The van der Waals surface area contributed by atoms with Crippen LogP contribution in [0.4, 0.5) is 5.69 Å². The number of nitro benzene ring substituents is 1. The molecule has 2 aromatic rings. The first-order valence-corrected chi connectivity index (χ1v) is 9.25. The fourth-order valence-electron chi connectivity index (χ4n) is 2.68. The van der Waals surface area contributed by atoms with Crippen LogP contribution in [0.2, 0.25) is 0 Å². The third kappa shape index (κ3) is 8.77. The van der Waals surface area contributed by atoms with E-state index in [1.807, 2.05) is 11.6 Å². The summed E-state index contributed by atoms with van der Waals surface area (Å²) in [6.45, 7) is 7.26. The highest BCUT2D eigenvalue weighted by atomic mass is 127. The summed E-state index contributed by atoms with van der Waals surface area (Å²) < 4.78 is 7.07. The standard InChI is InChI=1S/C19H28N6O3.HI/c1-15-13-16(2)24(23-15)11-4-9-20-19(21-10-12-28-3)22-14-17-5-7-18(8-6-17)25(26)27;/h5-8,13H,4,9-12,14H2,1-3H3,(H2,20,21,22);1H. The molecule has 0 saturated carbocycles. The Balaban J connectivity index is 0.00000420. The molecule has 0 amide bonds. The van der Waals surface area contributed by atoms with Gasteiger partial charge in [0.1, 0.15) is 0 Å². The molecule has 0 saturated heterocycles. The highest BCUT2D eigenvalue weighted by molar-refractivity contribution is 14.0. The summed E-state index contributed by atoms with van der Waals surface area (Å²) in [6.07, 6.45) is 0.907. The number of halogens is 1. The van der Waals surface area contributed by atoms with Crippen molar-refractivity contribution in [1.82, 2.24) is 20.4 Å². The number of guanidine groups is 1. The van der Waals surface area contributed by atoms with Gasteiger partial charge < -0.3 is 15.4 Å². The quantitative estimate of drug-likeness (QED) is 0.126. The van der Waals surface area contributed by atoms with Gasteiger partial charge in [-0.3, -0.25) is 14.8 Å². The Bertz CT molecular complexity index is 792. The first kappa shape index (κ1) is 24.8. The molecule has 1 heterocycles. The van der Waals surface area contributed by atoms with Crippen molar-refractivity contribution in [3.63, 3.8) is 0 Å². The van der Waals surface area contributed by atoms with Gasteiger partial charge in [0.25, 0.3) is 5.69 Å². The summed E-state index contributed by atoms with van der Waals surface area (Å²) >= 11 is 0. The van der Waals surface area contributed by atoms with Crippen LogP contribution in [0.15, 0.2) is 35.3 Å². The average Bonchev–Trinajstić information content (AvgIpc) is 3.00. The van der Waals surface area contributed by atoms with Crippen molar-refractivity contribution in [3.8, 4) is 0 Å². The monoisotopic (exact) mass is 516 g/mol. The van der Waals surface area contributed by atoms with E-state index in [1.165, 1.54) is 12.1 Å². The minimum atomic E-state index is -0.408. The average molecular weight is 516 g/mol. The highest BCUT2D eigenvalue weighted by Crippen LogP contribution is 2.12. The molecule has 0 atom stereocenters. The third-order valence-electron chi connectivity index (χ3n) is 4.11. The van der Waals surface area contributed by atoms with Gasteiger partial charge in [0.05, 0.1) is 23.8 Å². The summed E-state index contributed by atoms with van der Waals surface area (Å²) in [6, 6.07) is 8.49. The zero-order valence-corrected chi connectivity index (χ0v) is 19.4. The van der Waals surface area contributed by atoms with Crippen molar-refractivity contribution in [2.24, 2.45) is 4.99 Å². The molecule has 0 fully saturated rings. The Hall–Kier alpha value is -2.21. The summed E-state index contributed by atoms with van der Waals surface area (Å²) in [5, 5.41) is 21.7. The molecule has 0 radical (unpaired) electrons. The van der Waals surface area contributed by atoms with Crippen molar-refractivity contribution in [2.75, 3.05) is 26.8 Å². The lowest BCUT2D eigenvalue weighted by Crippen LogP contribution is -2.39. The van der Waals surface area contributed by atoms with E-state index in [9.17, 15) is 10.1 Å². The number of nitrogens with one attached hydrogen (secondary N) is 2. The highest BCUT2D eigenvalue weighted by Gasteiger charge is 2.05. The second-order valence-corrected chi connectivity index (χ2v) is 6.44. The minimum absolute atomic E-state index is 0. The smallest absolute Gasteiger partial charge is 0.269 e. The van der Waals surface area contributed by atoms with Crippen molar-refractivity contribution in [2.45, 2.75) is 33.4 Å². The molecule has 0 aliphatic rings. The van der Waals surface area contributed by atoms with Gasteiger partial charge in [-0.25, -0.2) is 4.99 Å². The number of nitro groups is 1. The number of non-ortho nitro benzene ring substituents is 1. The number of rotatable bonds is 10. The van der Waals surface area contributed by atoms with Crippen LogP contribution in [0.25, 0.3) is 0 Å². The summed E-state index contributed by atoms with van der Waals surface area (Å²) in [4.78, 5) is 14.9. The lowest BCUT2D eigenvalue weighted by atomic mass is 10.2. The molecule has 1 aromatic carbocycles. The van der Waals surface area contributed by atoms with Crippen LogP contribution < -0.4 is 10.6 Å². The van der Waals surface area contributed by atoms with E-state index >= 15 is 0 Å². The SMILES string of the molecule is COCCNC(=NCc1ccc([N+](=O)[O-])cc1)NCCCn1nc(C)cc1C.I. The molecule has 0 aliphatic heterocycles. The fraction of sp³-hybridized carbons (Fsp3) is 0.474. The lowest BCUT2D eigenvalue weighted by Gasteiger charge is -2.13. The molecular formula is C19H29IN6O3. The van der Waals surface area contributed by atoms with E-state index in [1.54, 1.807) is 19.2 Å². The van der Waals surface area contributed by atoms with Gasteiger partial charge >= 0.3 is 0 Å². The molecule has 0 aliphatic carbocycles. The molecule has 2 rings (SSSR count). The van der Waals surface area contributed by atoms with E-state index in [0.29, 0.717) is 25.7 Å². The van der Waals surface area contributed by atoms with Gasteiger partial charge in [-0.05, 0) is 31.9 Å². The van der Waals surface area contributed by atoms with Crippen molar-refractivity contribution < 1.29 is 9.66 Å². The van der Waals surface area contributed by atoms with Crippen LogP contribution in [-0.2, 0) is 17.8 Å². The van der Waals surface area contributed by atoms with Crippen LogP contribution in [-0.4, -0.2) is 47.5 Å². The summed E-state index contributed by atoms with van der Waals surface area (Å²) in [5.74, 6) is 0.684. The molecule has 160 valence electrons. The number of aliphatic imine (C=N–C) groups is 1. The summed E-state index contributed by atoms with van der Waals surface area (Å²) in [7, 11) is 1.65. The van der Waals surface area contributed by atoms with Crippen LogP contribution in [0.3, 0.4) is 0 Å². The number of hydrogen-bond acceptors (Lipinski definition) is 5. The first-order chi connectivity index (χ1) is 13.5. The molecule has 10 heteroatoms. The van der Waals surface area contributed by atoms with Gasteiger partial charge in [-0.2, -0.15) is 5.10 Å². The molecule has 0 unspecified atom stereocenters. The Morgan fingerprint density at radius 2 is 1.93 bits per heavy atom. The predicted molar refractivity (Wildman–Crippen MR) is 124 cm³/mol. The molecule has 1 aromatic heterocycles. The third-order valence-corrected chi connectivity index (χ3v) is 4.11. The molecule has 29 heavy (non-hydrogen) atoms. The number of methoxy groups -OCH3 is 1. The second kappa shape index (κ2) is 13.1. The number of benzene rings is 1. The Morgan fingerprint density at radius 3 is 2.52 bits per heavy atom. The zero-order chi connectivity index (χ0) is 20.4. The Kier molecular flexibility index (Phi) is 11.2. The zero-order valence-electron chi connectivity index (χ0n) is 17.1. The van der Waals surface area contributed by atoms with Gasteiger partial charge in [0.15, 0.2) is 5.96 Å². The number of aryl methyl sites for hydroxylation is 3. The minimum Gasteiger partial charge on any atom is -0.383 e. The van der Waals surface area contributed by atoms with Crippen LogP contribution in [0.1, 0.15) is 23.4 Å². The maximum absolute atomic E-state index is 10.7. The van der Waals surface area contributed by atoms with Gasteiger partial charge in [-0.1, -0.05) is 12.1 Å². The second-order valence-electron chi connectivity index (χ2n) is 6.44. The fourth-order valence-corrected chi connectivity index (χ4v) is 2.68. The van der Waals surface area contributed by atoms with E-state index in [4.69, 9.17) is 4.74 Å². The number of aromatic nitrogens is 2. The van der Waals surface area contributed by atoms with E-state index in [2.05, 4.69) is 33.7 Å². The molecule has 9 nitrogen and oxygen atoms in total. The molecule has 2 N–H and O–H groups in total. The van der Waals surface area contributed by atoms with Gasteiger partial charge in [0.2, 0.25) is 0 Å². The van der Waals surface area contributed by atoms with E-state index in [-0.39, 0.29) is 29.7 Å². The number of nitrogens with zero attached hydrogens (tertiary/aromatic N) is 4. The molecular weight excluding hydrogens is 487 g/mol. The molecule has 0 spiro atoms. The number of ether oxygens (including phenoxy) is 1. The van der Waals surface area contributed by atoms with Crippen molar-refractivity contribution in [3.05, 3.63) is 57.4 Å². The van der Waals surface area contributed by atoms with Crippen LogP contribution in [0, 0.1) is 24.0 Å². The van der Waals surface area contributed by atoms with Crippen molar-refractivity contribution >= 4 is 35.6 Å². The number of hydrogen-bond donors (Lipinski definition) is 2. The maximum Gasteiger partial charge on any atom is 0.269 e. The van der Waals surface area contributed by atoms with Crippen LogP contribution in [0.5, 0.6) is 0 Å². The topological polar surface area (TPSA) is 107 Å². The molecule has 0 bridgehead atoms. The van der Waals surface area contributed by atoms with Gasteiger partial charge in [-0.15, -0.1) is 24.0 Å². The lowest BCUT2D eigenvalue weighted by molar-refractivity contribution is -0.384. The maximum atomic E-state index is 10.7. The van der Waals surface area contributed by atoms with Gasteiger partial charge in [0, 0.05) is 44.6 Å². The van der Waals surface area contributed by atoms with Crippen LogP contribution >= 0.6 is 24.0 Å². The Morgan fingerprint density at radius 1 is 1.24 bits per heavy atom. The van der Waals surface area contributed by atoms with E-state index < -0.39 is 4.92 Å².